The summed E-state index contributed by atoms with van der Waals surface area (Å²) >= 11 is 0. The third-order valence-corrected chi connectivity index (χ3v) is 6.33. The summed E-state index contributed by atoms with van der Waals surface area (Å²) in [6, 6.07) is 21.5. The van der Waals surface area contributed by atoms with E-state index in [0.29, 0.717) is 18.1 Å². The Labute approximate surface area is 218 Å². The Bertz CT molecular complexity index is 1330. The third kappa shape index (κ3) is 6.61. The van der Waals surface area contributed by atoms with Crippen molar-refractivity contribution in [3.8, 4) is 17.2 Å². The number of unbranched alkanes of at least 4 members (excludes halogenated alkanes) is 1. The Kier molecular flexibility index (Phi) is 8.67. The molecule has 4 aromatic rings. The number of aryl methyl sites for hydroxylation is 2. The maximum Gasteiger partial charge on any atom is 0.224 e. The molecule has 0 saturated carbocycles. The zero-order valence-corrected chi connectivity index (χ0v) is 22.0. The van der Waals surface area contributed by atoms with Gasteiger partial charge in [-0.25, -0.2) is 4.98 Å². The van der Waals surface area contributed by atoms with Gasteiger partial charge in [-0.1, -0.05) is 35.9 Å². The number of nitrogens with zero attached hydrogens (tertiary/aromatic N) is 2. The Morgan fingerprint density at radius 3 is 2.49 bits per heavy atom. The van der Waals surface area contributed by atoms with E-state index >= 15 is 0 Å². The molecule has 0 aliphatic rings. The summed E-state index contributed by atoms with van der Waals surface area (Å²) in [4.78, 5) is 17.8. The number of amides is 1. The van der Waals surface area contributed by atoms with Crippen molar-refractivity contribution in [3.05, 3.63) is 83.7 Å². The molecule has 0 spiro atoms. The summed E-state index contributed by atoms with van der Waals surface area (Å²) in [7, 11) is 3.18. The molecular formula is C30H35N3O4. The molecule has 1 unspecified atom stereocenters. The van der Waals surface area contributed by atoms with E-state index in [4.69, 9.17) is 19.2 Å². The van der Waals surface area contributed by atoms with Crippen LogP contribution in [0.1, 0.15) is 42.8 Å². The Balaban J connectivity index is 1.39. The molecule has 1 heterocycles. The van der Waals surface area contributed by atoms with Gasteiger partial charge in [0, 0.05) is 6.54 Å². The van der Waals surface area contributed by atoms with Crippen molar-refractivity contribution in [3.63, 3.8) is 0 Å². The number of hydrogen-bond acceptors (Lipinski definition) is 5. The van der Waals surface area contributed by atoms with E-state index < -0.39 is 0 Å². The molecule has 0 aliphatic heterocycles. The summed E-state index contributed by atoms with van der Waals surface area (Å²) in [6.07, 6.45) is 2.09. The smallest absolute Gasteiger partial charge is 0.224 e. The largest absolute Gasteiger partial charge is 0.494 e. The number of para-hydroxylation sites is 2. The number of nitrogens with one attached hydrogen (secondary N) is 1. The van der Waals surface area contributed by atoms with E-state index in [-0.39, 0.29) is 18.4 Å². The average molecular weight is 502 g/mol. The van der Waals surface area contributed by atoms with E-state index in [1.54, 1.807) is 14.2 Å². The van der Waals surface area contributed by atoms with Gasteiger partial charge >= 0.3 is 0 Å². The first kappa shape index (κ1) is 26.1. The summed E-state index contributed by atoms with van der Waals surface area (Å²) in [6.45, 7) is 5.49. The van der Waals surface area contributed by atoms with Gasteiger partial charge in [0.2, 0.25) is 5.91 Å². The van der Waals surface area contributed by atoms with Crippen LogP contribution < -0.4 is 19.5 Å². The molecule has 0 fully saturated rings. The first-order valence-electron chi connectivity index (χ1n) is 12.6. The van der Waals surface area contributed by atoms with Gasteiger partial charge in [0.25, 0.3) is 0 Å². The molecule has 0 bridgehead atoms. The summed E-state index contributed by atoms with van der Waals surface area (Å²) in [5.41, 5.74) is 4.06. The minimum atomic E-state index is -0.246. The fourth-order valence-electron chi connectivity index (χ4n) is 4.39. The fraction of sp³-hybridized carbons (Fsp3) is 0.333. The predicted octanol–water partition coefficient (Wildman–Crippen LogP) is 5.64. The molecule has 37 heavy (non-hydrogen) atoms. The minimum Gasteiger partial charge on any atom is -0.494 e. The van der Waals surface area contributed by atoms with Gasteiger partial charge in [-0.2, -0.15) is 0 Å². The quantitative estimate of drug-likeness (QED) is 0.254. The number of methoxy groups -OCH3 is 2. The summed E-state index contributed by atoms with van der Waals surface area (Å²) < 4.78 is 18.8. The van der Waals surface area contributed by atoms with Crippen LogP contribution in [0.5, 0.6) is 17.2 Å². The van der Waals surface area contributed by atoms with Crippen LogP contribution in [-0.2, 0) is 17.8 Å². The monoisotopic (exact) mass is 501 g/mol. The van der Waals surface area contributed by atoms with Crippen LogP contribution in [0.4, 0.5) is 0 Å². The molecular weight excluding hydrogens is 466 g/mol. The highest BCUT2D eigenvalue weighted by Crippen LogP contribution is 2.28. The molecule has 1 N–H and O–H groups in total. The number of carbonyl (C=O) groups excluding carboxylic acids is 1. The number of carbonyl (C=O) groups is 1. The van der Waals surface area contributed by atoms with Crippen LogP contribution in [0.15, 0.2) is 66.7 Å². The lowest BCUT2D eigenvalue weighted by Gasteiger charge is -2.17. The number of ether oxygens (including phenoxy) is 3. The van der Waals surface area contributed by atoms with Crippen LogP contribution in [0.3, 0.4) is 0 Å². The number of fused-ring (bicyclic) bond motifs is 1. The number of aromatic nitrogens is 2. The van der Waals surface area contributed by atoms with E-state index in [9.17, 15) is 4.79 Å². The minimum absolute atomic E-state index is 0.0789. The summed E-state index contributed by atoms with van der Waals surface area (Å²) in [5.74, 6) is 2.91. The van der Waals surface area contributed by atoms with Gasteiger partial charge in [0.15, 0.2) is 11.5 Å². The Hall–Kier alpha value is -4.00. The lowest BCUT2D eigenvalue weighted by molar-refractivity contribution is -0.121. The highest BCUT2D eigenvalue weighted by atomic mass is 16.5. The van der Waals surface area contributed by atoms with E-state index in [1.807, 2.05) is 55.5 Å². The molecule has 0 radical (unpaired) electrons. The van der Waals surface area contributed by atoms with E-state index in [0.717, 1.165) is 47.6 Å². The zero-order chi connectivity index (χ0) is 26.2. The maximum atomic E-state index is 12.9. The molecule has 7 heteroatoms. The summed E-state index contributed by atoms with van der Waals surface area (Å²) in [5, 5.41) is 3.12. The Morgan fingerprint density at radius 2 is 1.73 bits per heavy atom. The van der Waals surface area contributed by atoms with Gasteiger partial charge in [0.05, 0.1) is 44.3 Å². The third-order valence-electron chi connectivity index (χ3n) is 6.33. The van der Waals surface area contributed by atoms with Gasteiger partial charge < -0.3 is 24.1 Å². The van der Waals surface area contributed by atoms with Crippen LogP contribution in [0.2, 0.25) is 0 Å². The standard InChI is InChI=1S/C30H35N3O4/c1-21-11-14-24(15-12-21)37-18-8-7-17-33-26-10-6-5-9-25(26)32-30(33)22(2)31-29(34)20-23-13-16-27(35-3)28(19-23)36-4/h5-6,9-16,19,22H,7-8,17-18,20H2,1-4H3,(H,31,34). The Morgan fingerprint density at radius 1 is 0.973 bits per heavy atom. The second-order valence-corrected chi connectivity index (χ2v) is 9.13. The number of imidazole rings is 1. The van der Waals surface area contributed by atoms with Crippen molar-refractivity contribution in [1.82, 2.24) is 14.9 Å². The SMILES string of the molecule is COc1ccc(CC(=O)NC(C)c2nc3ccccc3n2CCCCOc2ccc(C)cc2)cc1OC. The molecule has 3 aromatic carbocycles. The van der Waals surface area contributed by atoms with Gasteiger partial charge in [0.1, 0.15) is 11.6 Å². The fourth-order valence-corrected chi connectivity index (χ4v) is 4.39. The normalized spacial score (nSPS) is 11.8. The van der Waals surface area contributed by atoms with Gasteiger partial charge in [-0.05, 0) is 68.7 Å². The lowest BCUT2D eigenvalue weighted by atomic mass is 10.1. The molecule has 4 rings (SSSR count). The zero-order valence-electron chi connectivity index (χ0n) is 22.0. The van der Waals surface area contributed by atoms with Crippen molar-refractivity contribution in [2.45, 2.75) is 45.7 Å². The van der Waals surface area contributed by atoms with Crippen LogP contribution in [0.25, 0.3) is 11.0 Å². The average Bonchev–Trinajstić information content (AvgIpc) is 3.28. The van der Waals surface area contributed by atoms with Crippen molar-refractivity contribution >= 4 is 16.9 Å². The van der Waals surface area contributed by atoms with E-state index in [2.05, 4.69) is 35.0 Å². The van der Waals surface area contributed by atoms with E-state index in [1.165, 1.54) is 5.56 Å². The highest BCUT2D eigenvalue weighted by Gasteiger charge is 2.19. The first-order valence-corrected chi connectivity index (χ1v) is 12.6. The maximum absolute atomic E-state index is 12.9. The first-order chi connectivity index (χ1) is 18.0. The number of rotatable bonds is 12. The predicted molar refractivity (Wildman–Crippen MR) is 145 cm³/mol. The van der Waals surface area contributed by atoms with Crippen LogP contribution in [0, 0.1) is 6.92 Å². The van der Waals surface area contributed by atoms with Crippen molar-refractivity contribution in [2.75, 3.05) is 20.8 Å². The van der Waals surface area contributed by atoms with Crippen molar-refractivity contribution < 1.29 is 19.0 Å². The second kappa shape index (κ2) is 12.3. The molecule has 1 atom stereocenters. The number of hydrogen-bond donors (Lipinski definition) is 1. The molecule has 194 valence electrons. The van der Waals surface area contributed by atoms with Crippen molar-refractivity contribution in [2.24, 2.45) is 0 Å². The molecule has 0 saturated heterocycles. The molecule has 7 nitrogen and oxygen atoms in total. The molecule has 1 amide bonds. The highest BCUT2D eigenvalue weighted by molar-refractivity contribution is 5.80. The van der Waals surface area contributed by atoms with Gasteiger partial charge in [-0.3, -0.25) is 4.79 Å². The second-order valence-electron chi connectivity index (χ2n) is 9.13. The van der Waals surface area contributed by atoms with Crippen LogP contribution in [-0.4, -0.2) is 36.3 Å². The van der Waals surface area contributed by atoms with Crippen LogP contribution >= 0.6 is 0 Å². The van der Waals surface area contributed by atoms with Gasteiger partial charge in [-0.15, -0.1) is 0 Å². The van der Waals surface area contributed by atoms with Crippen molar-refractivity contribution in [1.29, 1.82) is 0 Å². The topological polar surface area (TPSA) is 74.6 Å². The molecule has 0 aliphatic carbocycles. The molecule has 1 aromatic heterocycles. The lowest BCUT2D eigenvalue weighted by Crippen LogP contribution is -2.30. The number of benzene rings is 3.